The average molecular weight is 343 g/mol. The number of anilines is 1. The van der Waals surface area contributed by atoms with E-state index < -0.39 is 5.60 Å². The van der Waals surface area contributed by atoms with Gasteiger partial charge in [-0.2, -0.15) is 10.4 Å². The van der Waals surface area contributed by atoms with Crippen LogP contribution in [0.5, 0.6) is 0 Å². The van der Waals surface area contributed by atoms with E-state index in [1.165, 1.54) is 0 Å². The number of nitrogens with zero attached hydrogens (tertiary/aromatic N) is 4. The Hall–Kier alpha value is -2.36. The van der Waals surface area contributed by atoms with E-state index >= 15 is 0 Å². The van der Waals surface area contributed by atoms with Gasteiger partial charge in [-0.15, -0.1) is 5.10 Å². The van der Waals surface area contributed by atoms with Crippen molar-refractivity contribution in [3.8, 4) is 6.07 Å². The Kier molecular flexibility index (Phi) is 4.55. The molecule has 2 fully saturated rings. The van der Waals surface area contributed by atoms with Crippen molar-refractivity contribution in [2.75, 3.05) is 18.4 Å². The third-order valence-electron chi connectivity index (χ3n) is 4.78. The van der Waals surface area contributed by atoms with Gasteiger partial charge in [-0.3, -0.25) is 0 Å². The SMILES string of the molecule is Cc1cc(C#N)c(N[C@H]2C[C@@H]3CN(C(=O)OC(C)(C)C)C[C@@H]3C2)nn1. The van der Waals surface area contributed by atoms with Gasteiger partial charge >= 0.3 is 6.09 Å². The first-order valence-electron chi connectivity index (χ1n) is 8.74. The van der Waals surface area contributed by atoms with Crippen LogP contribution in [0.1, 0.15) is 44.9 Å². The highest BCUT2D eigenvalue weighted by atomic mass is 16.6. The molecule has 7 nitrogen and oxygen atoms in total. The Morgan fingerprint density at radius 1 is 1.32 bits per heavy atom. The second-order valence-electron chi connectivity index (χ2n) is 8.08. The van der Waals surface area contributed by atoms with Crippen molar-refractivity contribution < 1.29 is 9.53 Å². The van der Waals surface area contributed by atoms with E-state index in [-0.39, 0.29) is 12.1 Å². The molecule has 1 aliphatic carbocycles. The average Bonchev–Trinajstić information content (AvgIpc) is 3.05. The number of nitriles is 1. The van der Waals surface area contributed by atoms with Gasteiger partial charge in [0, 0.05) is 19.1 Å². The largest absolute Gasteiger partial charge is 0.444 e. The monoisotopic (exact) mass is 343 g/mol. The summed E-state index contributed by atoms with van der Waals surface area (Å²) in [4.78, 5) is 14.0. The number of aryl methyl sites for hydroxylation is 1. The van der Waals surface area contributed by atoms with Crippen molar-refractivity contribution >= 4 is 11.9 Å². The number of nitrogens with one attached hydrogen (secondary N) is 1. The molecule has 2 heterocycles. The number of fused-ring (bicyclic) bond motifs is 1. The summed E-state index contributed by atoms with van der Waals surface area (Å²) >= 11 is 0. The molecule has 0 bridgehead atoms. The zero-order chi connectivity index (χ0) is 18.2. The minimum absolute atomic E-state index is 0.220. The van der Waals surface area contributed by atoms with Gasteiger partial charge < -0.3 is 15.0 Å². The number of hydrogen-bond donors (Lipinski definition) is 1. The molecule has 0 unspecified atom stereocenters. The van der Waals surface area contributed by atoms with Crippen LogP contribution in [0.3, 0.4) is 0 Å². The van der Waals surface area contributed by atoms with Crippen molar-refractivity contribution in [2.45, 2.75) is 52.2 Å². The standard InChI is InChI=1S/C18H25N5O2/c1-11-5-12(8-19)16(22-21-11)20-15-6-13-9-23(10-14(13)7-15)17(24)25-18(2,3)4/h5,13-15H,6-7,9-10H2,1-4H3,(H,20,22)/t13-,14+,15+. The normalized spacial score (nSPS) is 25.4. The predicted octanol–water partition coefficient (Wildman–Crippen LogP) is 2.71. The fraction of sp³-hybridized carbons (Fsp3) is 0.667. The minimum Gasteiger partial charge on any atom is -0.444 e. The molecular weight excluding hydrogens is 318 g/mol. The summed E-state index contributed by atoms with van der Waals surface area (Å²) < 4.78 is 5.47. The van der Waals surface area contributed by atoms with E-state index in [4.69, 9.17) is 4.74 Å². The summed E-state index contributed by atoms with van der Waals surface area (Å²) in [6, 6.07) is 4.18. The third kappa shape index (κ3) is 4.01. The Labute approximate surface area is 148 Å². The van der Waals surface area contributed by atoms with E-state index in [0.29, 0.717) is 23.2 Å². The van der Waals surface area contributed by atoms with Gasteiger partial charge in [0.2, 0.25) is 0 Å². The van der Waals surface area contributed by atoms with Gasteiger partial charge in [-0.1, -0.05) is 0 Å². The van der Waals surface area contributed by atoms with Crippen LogP contribution in [0.4, 0.5) is 10.6 Å². The maximum atomic E-state index is 12.2. The summed E-state index contributed by atoms with van der Waals surface area (Å²) in [5, 5.41) is 20.8. The number of hydrogen-bond acceptors (Lipinski definition) is 6. The Bertz CT molecular complexity index is 692. The lowest BCUT2D eigenvalue weighted by Gasteiger charge is -2.25. The highest BCUT2D eigenvalue weighted by Crippen LogP contribution is 2.39. The number of aromatic nitrogens is 2. The predicted molar refractivity (Wildman–Crippen MR) is 92.9 cm³/mol. The van der Waals surface area contributed by atoms with E-state index in [1.54, 1.807) is 6.07 Å². The van der Waals surface area contributed by atoms with Gasteiger partial charge in [0.15, 0.2) is 5.82 Å². The summed E-state index contributed by atoms with van der Waals surface area (Å²) in [6.07, 6.45) is 1.71. The van der Waals surface area contributed by atoms with Crippen LogP contribution in [-0.2, 0) is 4.74 Å². The van der Waals surface area contributed by atoms with Gasteiger partial charge in [0.1, 0.15) is 11.7 Å². The van der Waals surface area contributed by atoms with Gasteiger partial charge in [-0.25, -0.2) is 4.79 Å². The summed E-state index contributed by atoms with van der Waals surface area (Å²) in [7, 11) is 0. The van der Waals surface area contributed by atoms with Gasteiger partial charge in [-0.05, 0) is 58.4 Å². The zero-order valence-electron chi connectivity index (χ0n) is 15.2. The molecular formula is C18H25N5O2. The van der Waals surface area contributed by atoms with Crippen LogP contribution >= 0.6 is 0 Å². The van der Waals surface area contributed by atoms with Crippen LogP contribution < -0.4 is 5.32 Å². The number of carbonyl (C=O) groups is 1. The summed E-state index contributed by atoms with van der Waals surface area (Å²) in [6.45, 7) is 8.96. The van der Waals surface area contributed by atoms with Crippen molar-refractivity contribution in [2.24, 2.45) is 11.8 Å². The smallest absolute Gasteiger partial charge is 0.410 e. The van der Waals surface area contributed by atoms with Crippen LogP contribution in [0.15, 0.2) is 6.07 Å². The molecule has 1 saturated carbocycles. The number of amides is 1. The molecule has 1 aromatic heterocycles. The second-order valence-corrected chi connectivity index (χ2v) is 8.08. The minimum atomic E-state index is -0.462. The Morgan fingerprint density at radius 2 is 1.96 bits per heavy atom. The highest BCUT2D eigenvalue weighted by Gasteiger charge is 2.43. The maximum Gasteiger partial charge on any atom is 0.410 e. The van der Waals surface area contributed by atoms with Crippen molar-refractivity contribution in [3.63, 3.8) is 0 Å². The van der Waals surface area contributed by atoms with Crippen LogP contribution in [0.2, 0.25) is 0 Å². The lowest BCUT2D eigenvalue weighted by Crippen LogP contribution is -2.36. The van der Waals surface area contributed by atoms with E-state index in [9.17, 15) is 10.1 Å². The topological polar surface area (TPSA) is 91.1 Å². The van der Waals surface area contributed by atoms with E-state index in [0.717, 1.165) is 31.6 Å². The molecule has 0 spiro atoms. The number of rotatable bonds is 2. The molecule has 0 aromatic carbocycles. The third-order valence-corrected chi connectivity index (χ3v) is 4.78. The molecule has 3 rings (SSSR count). The number of ether oxygens (including phenoxy) is 1. The number of carbonyl (C=O) groups excluding carboxylic acids is 1. The molecule has 2 aliphatic rings. The fourth-order valence-electron chi connectivity index (χ4n) is 3.77. The zero-order valence-corrected chi connectivity index (χ0v) is 15.2. The highest BCUT2D eigenvalue weighted by molar-refractivity contribution is 5.68. The molecule has 1 amide bonds. The Morgan fingerprint density at radius 3 is 2.52 bits per heavy atom. The van der Waals surface area contributed by atoms with Crippen molar-refractivity contribution in [1.82, 2.24) is 15.1 Å². The number of likely N-dealkylation sites (tertiary alicyclic amines) is 1. The molecule has 7 heteroatoms. The Balaban J connectivity index is 1.57. The molecule has 3 atom stereocenters. The molecule has 1 aliphatic heterocycles. The first-order valence-corrected chi connectivity index (χ1v) is 8.74. The first kappa shape index (κ1) is 17.5. The summed E-state index contributed by atoms with van der Waals surface area (Å²) in [5.41, 5.74) is 0.801. The van der Waals surface area contributed by atoms with Crippen molar-refractivity contribution in [1.29, 1.82) is 5.26 Å². The van der Waals surface area contributed by atoms with Gasteiger partial charge in [0.05, 0.1) is 11.3 Å². The van der Waals surface area contributed by atoms with Gasteiger partial charge in [0.25, 0.3) is 0 Å². The van der Waals surface area contributed by atoms with E-state index in [2.05, 4.69) is 21.6 Å². The fourth-order valence-corrected chi connectivity index (χ4v) is 3.77. The first-order chi connectivity index (χ1) is 11.7. The molecule has 1 aromatic rings. The lowest BCUT2D eigenvalue weighted by atomic mass is 10.0. The lowest BCUT2D eigenvalue weighted by molar-refractivity contribution is 0.0280. The molecule has 0 radical (unpaired) electrons. The molecule has 1 saturated heterocycles. The van der Waals surface area contributed by atoms with Crippen LogP contribution in [0.25, 0.3) is 0 Å². The molecule has 134 valence electrons. The quantitative estimate of drug-likeness (QED) is 0.888. The molecule has 1 N–H and O–H groups in total. The summed E-state index contributed by atoms with van der Waals surface area (Å²) in [5.74, 6) is 1.49. The molecule has 25 heavy (non-hydrogen) atoms. The maximum absolute atomic E-state index is 12.2. The van der Waals surface area contributed by atoms with Crippen molar-refractivity contribution in [3.05, 3.63) is 17.3 Å². The van der Waals surface area contributed by atoms with Crippen LogP contribution in [-0.4, -0.2) is 45.9 Å². The second kappa shape index (κ2) is 6.51. The van der Waals surface area contributed by atoms with E-state index in [1.807, 2.05) is 32.6 Å². The van der Waals surface area contributed by atoms with Crippen LogP contribution in [0, 0.1) is 30.1 Å².